The lowest BCUT2D eigenvalue weighted by molar-refractivity contribution is 0.401. The van der Waals surface area contributed by atoms with Crippen LogP contribution in [0.2, 0.25) is 0 Å². The van der Waals surface area contributed by atoms with Crippen LogP contribution in [0.25, 0.3) is 0 Å². The van der Waals surface area contributed by atoms with Gasteiger partial charge in [-0.25, -0.2) is 0 Å². The van der Waals surface area contributed by atoms with E-state index in [4.69, 9.17) is 10.5 Å². The van der Waals surface area contributed by atoms with Crippen LogP contribution in [0.15, 0.2) is 42.5 Å². The lowest BCUT2D eigenvalue weighted by Crippen LogP contribution is -2.08. The third kappa shape index (κ3) is 2.71. The molecule has 3 N–H and O–H groups in total. The Bertz CT molecular complexity index is 514. The molecule has 4 heteroatoms. The number of nitrogen functional groups attached to an aromatic ring is 1. The molecule has 0 aliphatic heterocycles. The first-order valence-electron chi connectivity index (χ1n) is 5.82. The second-order valence-corrected chi connectivity index (χ2v) is 4.07. The van der Waals surface area contributed by atoms with Gasteiger partial charge in [0.15, 0.2) is 0 Å². The molecule has 2 rings (SSSR count). The number of pyridine rings is 1. The maximum atomic E-state index is 5.73. The summed E-state index contributed by atoms with van der Waals surface area (Å²) in [6.07, 6.45) is 0. The molecule has 0 saturated carbocycles. The number of hydrogen-bond acceptors (Lipinski definition) is 4. The van der Waals surface area contributed by atoms with Gasteiger partial charge in [0, 0.05) is 6.04 Å². The molecule has 0 amide bonds. The van der Waals surface area contributed by atoms with Crippen molar-refractivity contribution in [2.24, 2.45) is 0 Å². The zero-order chi connectivity index (χ0) is 13.0. The van der Waals surface area contributed by atoms with Gasteiger partial charge < -0.3 is 15.8 Å². The minimum atomic E-state index is 0.173. The predicted molar refractivity (Wildman–Crippen MR) is 73.7 cm³/mol. The van der Waals surface area contributed by atoms with E-state index in [-0.39, 0.29) is 6.04 Å². The van der Waals surface area contributed by atoms with E-state index in [2.05, 4.69) is 29.4 Å². The molecule has 2 aromatic rings. The normalized spacial score (nSPS) is 11.9. The molecule has 1 unspecified atom stereocenters. The van der Waals surface area contributed by atoms with Crippen LogP contribution in [0, 0.1) is 0 Å². The zero-order valence-corrected chi connectivity index (χ0v) is 10.6. The molecule has 4 nitrogen and oxygen atoms in total. The van der Waals surface area contributed by atoms with Crippen LogP contribution < -0.4 is 15.8 Å². The molecular formula is C14H17N3O. The summed E-state index contributed by atoms with van der Waals surface area (Å²) < 4.78 is 5.10. The van der Waals surface area contributed by atoms with Gasteiger partial charge >= 0.3 is 0 Å². The lowest BCUT2D eigenvalue weighted by Gasteiger charge is -2.15. The molecule has 1 atom stereocenters. The SMILES string of the molecule is COc1nc(NC(C)c2ccccc2)ccc1N. The van der Waals surface area contributed by atoms with Crippen LogP contribution in [-0.2, 0) is 0 Å². The number of nitrogens with one attached hydrogen (secondary N) is 1. The fourth-order valence-electron chi connectivity index (χ4n) is 1.74. The van der Waals surface area contributed by atoms with Crippen molar-refractivity contribution in [1.29, 1.82) is 0 Å². The minimum Gasteiger partial charge on any atom is -0.479 e. The number of methoxy groups -OCH3 is 1. The van der Waals surface area contributed by atoms with Gasteiger partial charge in [0.05, 0.1) is 12.8 Å². The number of rotatable bonds is 4. The van der Waals surface area contributed by atoms with Crippen molar-refractivity contribution in [3.63, 3.8) is 0 Å². The number of benzene rings is 1. The van der Waals surface area contributed by atoms with E-state index < -0.39 is 0 Å². The summed E-state index contributed by atoms with van der Waals surface area (Å²) in [6.45, 7) is 2.08. The second kappa shape index (κ2) is 5.40. The molecule has 0 aliphatic carbocycles. The summed E-state index contributed by atoms with van der Waals surface area (Å²) in [4.78, 5) is 4.30. The van der Waals surface area contributed by atoms with Gasteiger partial charge in [-0.2, -0.15) is 4.98 Å². The molecule has 18 heavy (non-hydrogen) atoms. The molecular weight excluding hydrogens is 226 g/mol. The summed E-state index contributed by atoms with van der Waals surface area (Å²) in [5, 5.41) is 3.31. The van der Waals surface area contributed by atoms with Crippen molar-refractivity contribution < 1.29 is 4.74 Å². The Kier molecular flexibility index (Phi) is 3.67. The minimum absolute atomic E-state index is 0.173. The molecule has 0 radical (unpaired) electrons. The summed E-state index contributed by atoms with van der Waals surface area (Å²) >= 11 is 0. The first-order valence-corrected chi connectivity index (χ1v) is 5.82. The molecule has 1 aromatic carbocycles. The smallest absolute Gasteiger partial charge is 0.238 e. The zero-order valence-electron chi connectivity index (χ0n) is 10.6. The van der Waals surface area contributed by atoms with Crippen molar-refractivity contribution in [3.8, 4) is 5.88 Å². The van der Waals surface area contributed by atoms with Gasteiger partial charge in [-0.3, -0.25) is 0 Å². The van der Waals surface area contributed by atoms with Gasteiger partial charge in [0.1, 0.15) is 5.82 Å². The average molecular weight is 243 g/mol. The highest BCUT2D eigenvalue weighted by atomic mass is 16.5. The lowest BCUT2D eigenvalue weighted by atomic mass is 10.1. The Balaban J connectivity index is 2.14. The van der Waals surface area contributed by atoms with Crippen LogP contribution in [-0.4, -0.2) is 12.1 Å². The van der Waals surface area contributed by atoms with E-state index in [0.29, 0.717) is 11.6 Å². The summed E-state index contributed by atoms with van der Waals surface area (Å²) in [5.74, 6) is 1.19. The van der Waals surface area contributed by atoms with Crippen molar-refractivity contribution in [3.05, 3.63) is 48.0 Å². The van der Waals surface area contributed by atoms with E-state index >= 15 is 0 Å². The number of nitrogens with two attached hydrogens (primary N) is 1. The van der Waals surface area contributed by atoms with Crippen molar-refractivity contribution in [2.45, 2.75) is 13.0 Å². The highest BCUT2D eigenvalue weighted by Crippen LogP contribution is 2.23. The molecule has 94 valence electrons. The van der Waals surface area contributed by atoms with Gasteiger partial charge in [-0.1, -0.05) is 30.3 Å². The van der Waals surface area contributed by atoms with Crippen molar-refractivity contribution in [1.82, 2.24) is 4.98 Å². The molecule has 0 fully saturated rings. The molecule has 0 spiro atoms. The third-order valence-electron chi connectivity index (χ3n) is 2.75. The maximum Gasteiger partial charge on any atom is 0.238 e. The van der Waals surface area contributed by atoms with E-state index in [9.17, 15) is 0 Å². The number of anilines is 2. The molecule has 1 aromatic heterocycles. The summed E-state index contributed by atoms with van der Waals surface area (Å²) in [6, 6.07) is 14.0. The largest absolute Gasteiger partial charge is 0.479 e. The average Bonchev–Trinajstić information content (AvgIpc) is 2.42. The van der Waals surface area contributed by atoms with Gasteiger partial charge in [-0.15, -0.1) is 0 Å². The van der Waals surface area contributed by atoms with Gasteiger partial charge in [0.2, 0.25) is 5.88 Å². The van der Waals surface area contributed by atoms with E-state index in [1.165, 1.54) is 5.56 Å². The maximum absolute atomic E-state index is 5.73. The highest BCUT2D eigenvalue weighted by molar-refractivity contribution is 5.54. The Morgan fingerprint density at radius 3 is 2.56 bits per heavy atom. The van der Waals surface area contributed by atoms with E-state index in [1.807, 2.05) is 24.3 Å². The second-order valence-electron chi connectivity index (χ2n) is 4.07. The molecule has 0 aliphatic rings. The van der Waals surface area contributed by atoms with Crippen molar-refractivity contribution in [2.75, 3.05) is 18.2 Å². The van der Waals surface area contributed by atoms with Crippen LogP contribution in [0.5, 0.6) is 5.88 Å². The van der Waals surface area contributed by atoms with Crippen LogP contribution in [0.3, 0.4) is 0 Å². The fourth-order valence-corrected chi connectivity index (χ4v) is 1.74. The summed E-state index contributed by atoms with van der Waals surface area (Å²) in [7, 11) is 1.56. The van der Waals surface area contributed by atoms with Gasteiger partial charge in [0.25, 0.3) is 0 Å². The van der Waals surface area contributed by atoms with Gasteiger partial charge in [-0.05, 0) is 24.6 Å². The van der Waals surface area contributed by atoms with Crippen LogP contribution in [0.1, 0.15) is 18.5 Å². The highest BCUT2D eigenvalue weighted by Gasteiger charge is 2.07. The summed E-state index contributed by atoms with van der Waals surface area (Å²) in [5.41, 5.74) is 7.47. The number of hydrogen-bond donors (Lipinski definition) is 2. The molecule has 0 bridgehead atoms. The van der Waals surface area contributed by atoms with E-state index in [1.54, 1.807) is 13.2 Å². The van der Waals surface area contributed by atoms with E-state index in [0.717, 1.165) is 5.82 Å². The quantitative estimate of drug-likeness (QED) is 0.866. The topological polar surface area (TPSA) is 60.2 Å². The fraction of sp³-hybridized carbons (Fsp3) is 0.214. The Labute approximate surface area is 107 Å². The first kappa shape index (κ1) is 12.2. The molecule has 0 saturated heterocycles. The standard InChI is InChI=1S/C14H17N3O/c1-10(11-6-4-3-5-7-11)16-13-9-8-12(15)14(17-13)18-2/h3-10H,15H2,1-2H3,(H,16,17). The molecule has 1 heterocycles. The Morgan fingerprint density at radius 2 is 1.89 bits per heavy atom. The third-order valence-corrected chi connectivity index (χ3v) is 2.75. The number of aromatic nitrogens is 1. The Hall–Kier alpha value is -2.23. The monoisotopic (exact) mass is 243 g/mol. The number of ether oxygens (including phenoxy) is 1. The predicted octanol–water partition coefficient (Wildman–Crippen LogP) is 2.85. The van der Waals surface area contributed by atoms with Crippen LogP contribution in [0.4, 0.5) is 11.5 Å². The number of nitrogens with zero attached hydrogens (tertiary/aromatic N) is 1. The Morgan fingerprint density at radius 1 is 1.17 bits per heavy atom. The van der Waals surface area contributed by atoms with Crippen molar-refractivity contribution >= 4 is 11.5 Å². The van der Waals surface area contributed by atoms with Crippen LogP contribution >= 0.6 is 0 Å². The first-order chi connectivity index (χ1) is 8.70.